The number of hydrogen-bond donors (Lipinski definition) is 0. The van der Waals surface area contributed by atoms with E-state index in [-0.39, 0.29) is 0 Å². The molecule has 2 heterocycles. The summed E-state index contributed by atoms with van der Waals surface area (Å²) >= 11 is 0. The lowest BCUT2D eigenvalue weighted by Gasteiger charge is -2.26. The van der Waals surface area contributed by atoms with Gasteiger partial charge in [-0.3, -0.25) is 0 Å². The number of hydrogen-bond acceptors (Lipinski definition) is 2. The standard InChI is InChI=1S/C58H38N2O/c1-3-15-39(16-4-1)47-25-11-19-42-20-12-26-48(57(42)47)41-31-33-43(34-32-41)59(44-21-13-22-45(37-44)60-54-29-9-7-23-50(54)51-24-8-10-30-55(51)60)46-35-36-52-53-28-14-27-49(40-17-5-2-6-18-40)58(53)61-56(52)38-46/h1-38H. The molecule has 0 saturated carbocycles. The van der Waals surface area contributed by atoms with Crippen molar-refractivity contribution >= 4 is 71.6 Å². The molecule has 3 heteroatoms. The van der Waals surface area contributed by atoms with E-state index < -0.39 is 0 Å². The Hall–Kier alpha value is -8.14. The van der Waals surface area contributed by atoms with Crippen LogP contribution in [0.5, 0.6) is 0 Å². The summed E-state index contributed by atoms with van der Waals surface area (Å²) in [5.74, 6) is 0. The quantitative estimate of drug-likeness (QED) is 0.161. The fourth-order valence-corrected chi connectivity index (χ4v) is 9.42. The van der Waals surface area contributed by atoms with Crippen molar-refractivity contribution in [2.24, 2.45) is 0 Å². The third-order valence-corrected chi connectivity index (χ3v) is 12.2. The smallest absolute Gasteiger partial charge is 0.143 e. The van der Waals surface area contributed by atoms with Crippen molar-refractivity contribution in [2.75, 3.05) is 4.90 Å². The monoisotopic (exact) mass is 778 g/mol. The Kier molecular flexibility index (Phi) is 8.17. The molecule has 12 rings (SSSR count). The third-order valence-electron chi connectivity index (χ3n) is 12.2. The number of anilines is 3. The average Bonchev–Trinajstić information content (AvgIpc) is 3.88. The van der Waals surface area contributed by atoms with E-state index >= 15 is 0 Å². The zero-order valence-electron chi connectivity index (χ0n) is 33.2. The van der Waals surface area contributed by atoms with Crippen LogP contribution in [0.4, 0.5) is 17.1 Å². The first-order valence-electron chi connectivity index (χ1n) is 20.8. The van der Waals surface area contributed by atoms with Gasteiger partial charge in [-0.2, -0.15) is 0 Å². The minimum atomic E-state index is 0.847. The number of nitrogens with zero attached hydrogens (tertiary/aromatic N) is 2. The van der Waals surface area contributed by atoms with Crippen LogP contribution in [-0.4, -0.2) is 4.57 Å². The van der Waals surface area contributed by atoms with Crippen molar-refractivity contribution in [1.29, 1.82) is 0 Å². The van der Waals surface area contributed by atoms with Gasteiger partial charge in [0, 0.05) is 55.9 Å². The Bertz CT molecular complexity index is 3520. The zero-order chi connectivity index (χ0) is 40.3. The molecule has 12 aromatic rings. The fourth-order valence-electron chi connectivity index (χ4n) is 9.42. The lowest BCUT2D eigenvalue weighted by Crippen LogP contribution is -2.10. The lowest BCUT2D eigenvalue weighted by molar-refractivity contribution is 0.670. The van der Waals surface area contributed by atoms with Crippen molar-refractivity contribution in [3.63, 3.8) is 0 Å². The summed E-state index contributed by atoms with van der Waals surface area (Å²) in [5, 5.41) is 7.16. The predicted molar refractivity (Wildman–Crippen MR) is 257 cm³/mol. The van der Waals surface area contributed by atoms with E-state index in [1.54, 1.807) is 0 Å². The molecule has 0 unspecified atom stereocenters. The van der Waals surface area contributed by atoms with Crippen molar-refractivity contribution in [1.82, 2.24) is 4.57 Å². The molecule has 0 bridgehead atoms. The Labute approximate surface area is 353 Å². The summed E-state index contributed by atoms with van der Waals surface area (Å²) in [5.41, 5.74) is 15.3. The highest BCUT2D eigenvalue weighted by atomic mass is 16.3. The van der Waals surface area contributed by atoms with Gasteiger partial charge >= 0.3 is 0 Å². The van der Waals surface area contributed by atoms with Gasteiger partial charge in [-0.15, -0.1) is 0 Å². The van der Waals surface area contributed by atoms with E-state index in [1.165, 1.54) is 49.3 Å². The van der Waals surface area contributed by atoms with Crippen LogP contribution in [0.25, 0.3) is 93.6 Å². The van der Waals surface area contributed by atoms with Gasteiger partial charge < -0.3 is 13.9 Å². The molecule has 0 saturated heterocycles. The summed E-state index contributed by atoms with van der Waals surface area (Å²) in [6.45, 7) is 0. The first-order valence-corrected chi connectivity index (χ1v) is 20.8. The highest BCUT2D eigenvalue weighted by molar-refractivity contribution is 6.11. The second-order valence-corrected chi connectivity index (χ2v) is 15.7. The first-order chi connectivity index (χ1) is 30.3. The molecule has 2 aromatic heterocycles. The fraction of sp³-hybridized carbons (Fsp3) is 0. The van der Waals surface area contributed by atoms with Crippen molar-refractivity contribution in [3.05, 3.63) is 231 Å². The van der Waals surface area contributed by atoms with Crippen LogP contribution in [-0.2, 0) is 0 Å². The normalized spacial score (nSPS) is 11.6. The zero-order valence-corrected chi connectivity index (χ0v) is 33.2. The first kappa shape index (κ1) is 34.9. The lowest BCUT2D eigenvalue weighted by atomic mass is 9.91. The molecular weight excluding hydrogens is 741 g/mol. The van der Waals surface area contributed by atoms with Crippen LogP contribution >= 0.6 is 0 Å². The number of aromatic nitrogens is 1. The van der Waals surface area contributed by atoms with Crippen LogP contribution in [0, 0.1) is 0 Å². The minimum Gasteiger partial charge on any atom is -0.455 e. The van der Waals surface area contributed by atoms with Crippen LogP contribution in [0.1, 0.15) is 0 Å². The Balaban J connectivity index is 1.03. The molecule has 0 atom stereocenters. The molecule has 0 N–H and O–H groups in total. The second kappa shape index (κ2) is 14.3. The number of rotatable bonds is 7. The molecular formula is C58H38N2O. The minimum absolute atomic E-state index is 0.847. The van der Waals surface area contributed by atoms with Crippen molar-refractivity contribution < 1.29 is 4.42 Å². The van der Waals surface area contributed by atoms with Gasteiger partial charge in [-0.25, -0.2) is 0 Å². The Morgan fingerprint density at radius 1 is 0.344 bits per heavy atom. The van der Waals surface area contributed by atoms with E-state index in [1.807, 2.05) is 0 Å². The SMILES string of the molecule is c1ccc(-c2cccc3c2oc2cc(N(c4ccc(-c5cccc6cccc(-c7ccccc7)c56)cc4)c4cccc(-n5c6ccccc6c6ccccc65)c4)ccc23)cc1. The van der Waals surface area contributed by atoms with E-state index in [0.717, 1.165) is 61.4 Å². The molecule has 0 spiro atoms. The number of benzene rings is 10. The molecule has 0 radical (unpaired) electrons. The Morgan fingerprint density at radius 2 is 0.869 bits per heavy atom. The van der Waals surface area contributed by atoms with Crippen LogP contribution in [0.2, 0.25) is 0 Å². The van der Waals surface area contributed by atoms with Crippen molar-refractivity contribution in [3.8, 4) is 39.1 Å². The number of fused-ring (bicyclic) bond motifs is 7. The summed E-state index contributed by atoms with van der Waals surface area (Å²) < 4.78 is 9.20. The van der Waals surface area contributed by atoms with Crippen LogP contribution in [0.15, 0.2) is 235 Å². The van der Waals surface area contributed by atoms with Gasteiger partial charge in [0.15, 0.2) is 0 Å². The maximum Gasteiger partial charge on any atom is 0.143 e. The summed E-state index contributed by atoms with van der Waals surface area (Å²) in [6.07, 6.45) is 0. The highest BCUT2D eigenvalue weighted by Crippen LogP contribution is 2.43. The molecule has 0 fully saturated rings. The van der Waals surface area contributed by atoms with E-state index in [4.69, 9.17) is 4.42 Å². The van der Waals surface area contributed by atoms with Crippen molar-refractivity contribution in [2.45, 2.75) is 0 Å². The van der Waals surface area contributed by atoms with Gasteiger partial charge in [-0.05, 0) is 93.2 Å². The van der Waals surface area contributed by atoms with Gasteiger partial charge in [-0.1, -0.05) is 170 Å². The average molecular weight is 779 g/mol. The van der Waals surface area contributed by atoms with Crippen LogP contribution in [0.3, 0.4) is 0 Å². The summed E-state index contributed by atoms with van der Waals surface area (Å²) in [4.78, 5) is 2.35. The molecule has 0 aliphatic carbocycles. The van der Waals surface area contributed by atoms with E-state index in [0.29, 0.717) is 0 Å². The van der Waals surface area contributed by atoms with Gasteiger partial charge in [0.1, 0.15) is 11.2 Å². The molecule has 10 aromatic carbocycles. The molecule has 61 heavy (non-hydrogen) atoms. The van der Waals surface area contributed by atoms with E-state index in [2.05, 4.69) is 240 Å². The highest BCUT2D eigenvalue weighted by Gasteiger charge is 2.20. The van der Waals surface area contributed by atoms with Crippen LogP contribution < -0.4 is 4.90 Å². The molecule has 0 aliphatic rings. The Morgan fingerprint density at radius 3 is 1.56 bits per heavy atom. The summed E-state index contributed by atoms with van der Waals surface area (Å²) in [7, 11) is 0. The summed E-state index contributed by atoms with van der Waals surface area (Å²) in [6, 6.07) is 82.8. The maximum absolute atomic E-state index is 6.81. The maximum atomic E-state index is 6.81. The molecule has 286 valence electrons. The molecule has 0 amide bonds. The molecule has 0 aliphatic heterocycles. The molecule has 3 nitrogen and oxygen atoms in total. The third kappa shape index (κ3) is 5.82. The number of para-hydroxylation sites is 3. The van der Waals surface area contributed by atoms with E-state index in [9.17, 15) is 0 Å². The van der Waals surface area contributed by atoms with Gasteiger partial charge in [0.05, 0.1) is 11.0 Å². The topological polar surface area (TPSA) is 21.3 Å². The van der Waals surface area contributed by atoms with Gasteiger partial charge in [0.2, 0.25) is 0 Å². The predicted octanol–water partition coefficient (Wildman–Crippen LogP) is 16.3. The number of furan rings is 1. The second-order valence-electron chi connectivity index (χ2n) is 15.7. The van der Waals surface area contributed by atoms with Gasteiger partial charge in [0.25, 0.3) is 0 Å². The largest absolute Gasteiger partial charge is 0.455 e.